The Morgan fingerprint density at radius 1 is 0.688 bits per heavy atom. The van der Waals surface area contributed by atoms with Gasteiger partial charge in [-0.15, -0.1) is 23.5 Å². The number of hydrogen-bond acceptors (Lipinski definition) is 10. The molecule has 2 unspecified atom stereocenters. The van der Waals surface area contributed by atoms with E-state index in [-0.39, 0.29) is 36.5 Å². The molecule has 12 nitrogen and oxygen atoms in total. The summed E-state index contributed by atoms with van der Waals surface area (Å²) in [5.74, 6) is -2.83. The number of ether oxygens (including phenoxy) is 2. The maximum absolute atomic E-state index is 13.4. The molecule has 2 aromatic rings. The molecule has 4 fully saturated rings. The van der Waals surface area contributed by atoms with Gasteiger partial charge in [0.2, 0.25) is 29.9 Å². The van der Waals surface area contributed by atoms with Crippen molar-refractivity contribution in [2.75, 3.05) is 0 Å². The first kappa shape index (κ1) is 33.8. The van der Waals surface area contributed by atoms with Gasteiger partial charge in [0.05, 0.1) is 12.8 Å². The van der Waals surface area contributed by atoms with Gasteiger partial charge in [-0.2, -0.15) is 0 Å². The topological polar surface area (TPSA) is 151 Å². The van der Waals surface area contributed by atoms with Crippen LogP contribution in [0.5, 0.6) is 0 Å². The van der Waals surface area contributed by atoms with Crippen LogP contribution in [0.2, 0.25) is 0 Å². The summed E-state index contributed by atoms with van der Waals surface area (Å²) in [6, 6.07) is 14.9. The van der Waals surface area contributed by atoms with Crippen molar-refractivity contribution in [3.05, 3.63) is 71.8 Å². The first-order chi connectivity index (χ1) is 22.7. The molecular weight excluding hydrogens is 657 g/mol. The standard InChI is InChI=1S/C34H38N4O8S2/c1-18(45-31(43)25-33(2,3)47-29-23(27(41)37(25)29)35-21(39)16-19-12-8-6-9-13-19)46-32(44)26-34(4,5)48-30-24(28(42)38(26)30)36-22(40)17-20-14-10-7-11-15-20/h6-15,18,23-26,29-30H,16-17H2,1-5H3,(H,35,39)(H,36,40)/t18?,23?,24?,25-,26-,29+,30+/m0/s1. The lowest BCUT2D eigenvalue weighted by Crippen LogP contribution is -2.71. The van der Waals surface area contributed by atoms with Gasteiger partial charge in [0, 0.05) is 16.4 Å². The van der Waals surface area contributed by atoms with Crippen molar-refractivity contribution in [3.63, 3.8) is 0 Å². The molecule has 14 heteroatoms. The molecule has 0 aromatic heterocycles. The molecule has 6 atom stereocenters. The average molecular weight is 695 g/mol. The van der Waals surface area contributed by atoms with Crippen LogP contribution in [0.3, 0.4) is 0 Å². The minimum absolute atomic E-state index is 0.128. The number of thioether (sulfide) groups is 2. The van der Waals surface area contributed by atoms with Gasteiger partial charge in [-0.1, -0.05) is 60.7 Å². The van der Waals surface area contributed by atoms with E-state index in [0.29, 0.717) is 0 Å². The van der Waals surface area contributed by atoms with Gasteiger partial charge in [0.1, 0.15) is 34.9 Å². The Kier molecular flexibility index (Phi) is 9.00. The van der Waals surface area contributed by atoms with Crippen LogP contribution >= 0.6 is 23.5 Å². The number of carbonyl (C=O) groups excluding carboxylic acids is 6. The van der Waals surface area contributed by atoms with Gasteiger partial charge < -0.3 is 29.9 Å². The van der Waals surface area contributed by atoms with Crippen molar-refractivity contribution in [1.82, 2.24) is 20.4 Å². The molecule has 0 radical (unpaired) electrons. The summed E-state index contributed by atoms with van der Waals surface area (Å²) < 4.78 is 9.62. The predicted octanol–water partition coefficient (Wildman–Crippen LogP) is 2.00. The van der Waals surface area contributed by atoms with Crippen LogP contribution in [-0.4, -0.2) is 96.1 Å². The molecule has 4 aliphatic heterocycles. The second-order valence-corrected chi connectivity index (χ2v) is 16.9. The molecule has 4 amide bonds. The molecule has 4 heterocycles. The molecule has 0 bridgehead atoms. The van der Waals surface area contributed by atoms with Crippen molar-refractivity contribution in [3.8, 4) is 0 Å². The highest BCUT2D eigenvalue weighted by molar-refractivity contribution is 8.02. The van der Waals surface area contributed by atoms with Gasteiger partial charge >= 0.3 is 11.9 Å². The Morgan fingerprint density at radius 2 is 1.04 bits per heavy atom. The number of fused-ring (bicyclic) bond motifs is 2. The van der Waals surface area contributed by atoms with E-state index in [4.69, 9.17) is 9.47 Å². The molecule has 2 aromatic carbocycles. The molecule has 0 saturated carbocycles. The van der Waals surface area contributed by atoms with Crippen molar-refractivity contribution in [2.45, 2.75) is 98.2 Å². The third kappa shape index (κ3) is 6.27. The summed E-state index contributed by atoms with van der Waals surface area (Å²) in [5.41, 5.74) is 1.64. The van der Waals surface area contributed by atoms with Crippen LogP contribution in [0.1, 0.15) is 45.7 Å². The predicted molar refractivity (Wildman–Crippen MR) is 178 cm³/mol. The maximum atomic E-state index is 13.4. The number of nitrogens with one attached hydrogen (secondary N) is 2. The van der Waals surface area contributed by atoms with E-state index in [0.717, 1.165) is 11.1 Å². The Labute approximate surface area is 287 Å². The monoisotopic (exact) mass is 694 g/mol. The highest BCUT2D eigenvalue weighted by Crippen LogP contribution is 2.52. The molecule has 0 spiro atoms. The number of esters is 2. The molecule has 2 N–H and O–H groups in total. The molecule has 0 aliphatic carbocycles. The van der Waals surface area contributed by atoms with Crippen LogP contribution in [-0.2, 0) is 51.1 Å². The summed E-state index contributed by atoms with van der Waals surface area (Å²) in [6.07, 6.45) is -1.05. The van der Waals surface area contributed by atoms with Gasteiger partial charge in [-0.25, -0.2) is 9.59 Å². The number of β-lactam (4-membered cyclic amide) rings is 2. The minimum Gasteiger partial charge on any atom is -0.424 e. The summed E-state index contributed by atoms with van der Waals surface area (Å²) in [7, 11) is 0. The Hall–Kier alpha value is -4.04. The van der Waals surface area contributed by atoms with E-state index < -0.39 is 62.6 Å². The fraction of sp³-hybridized carbons (Fsp3) is 0.471. The third-order valence-electron chi connectivity index (χ3n) is 8.94. The van der Waals surface area contributed by atoms with Crippen molar-refractivity contribution < 1.29 is 38.2 Å². The molecular formula is C34H38N4O8S2. The largest absolute Gasteiger partial charge is 0.424 e. The number of nitrogens with zero attached hydrogens (tertiary/aromatic N) is 2. The fourth-order valence-corrected chi connectivity index (χ4v) is 9.99. The zero-order valence-corrected chi connectivity index (χ0v) is 28.8. The Morgan fingerprint density at radius 3 is 1.40 bits per heavy atom. The lowest BCUT2D eigenvalue weighted by atomic mass is 9.95. The van der Waals surface area contributed by atoms with Crippen LogP contribution in [0.25, 0.3) is 0 Å². The molecule has 6 rings (SSSR count). The summed E-state index contributed by atoms with van der Waals surface area (Å²) >= 11 is 2.79. The lowest BCUT2D eigenvalue weighted by Gasteiger charge is -2.44. The van der Waals surface area contributed by atoms with E-state index in [9.17, 15) is 28.8 Å². The van der Waals surface area contributed by atoms with Crippen molar-refractivity contribution >= 4 is 59.1 Å². The molecule has 48 heavy (non-hydrogen) atoms. The second-order valence-electron chi connectivity index (χ2n) is 13.4. The minimum atomic E-state index is -1.31. The van der Waals surface area contributed by atoms with Crippen LogP contribution in [0.4, 0.5) is 0 Å². The summed E-state index contributed by atoms with van der Waals surface area (Å²) in [6.45, 7) is 8.68. The Bertz CT molecular complexity index is 1520. The second kappa shape index (κ2) is 12.8. The van der Waals surface area contributed by atoms with E-state index in [1.54, 1.807) is 0 Å². The number of benzene rings is 2. The third-order valence-corrected chi connectivity index (χ3v) is 12.1. The summed E-state index contributed by atoms with van der Waals surface area (Å²) in [5, 5.41) is 4.70. The SMILES string of the molecule is CC(OC(=O)[C@@H]1N2C(=O)C(NC(=O)Cc3ccccc3)[C@H]2SC1(C)C)OC(=O)[C@@H]1N2C(=O)C(NC(=O)Cc3ccccc3)[C@H]2SC1(C)C. The zero-order valence-electron chi connectivity index (χ0n) is 27.2. The summed E-state index contributed by atoms with van der Waals surface area (Å²) in [4.78, 5) is 81.4. The Balaban J connectivity index is 1.03. The number of hydrogen-bond donors (Lipinski definition) is 2. The van der Waals surface area contributed by atoms with Gasteiger partial charge in [0.15, 0.2) is 0 Å². The van der Waals surface area contributed by atoms with Gasteiger partial charge in [-0.3, -0.25) is 19.2 Å². The fourth-order valence-electron chi connectivity index (χ4n) is 6.74. The van der Waals surface area contributed by atoms with Crippen LogP contribution < -0.4 is 10.6 Å². The zero-order chi connectivity index (χ0) is 34.5. The van der Waals surface area contributed by atoms with E-state index >= 15 is 0 Å². The van der Waals surface area contributed by atoms with Crippen molar-refractivity contribution in [2.24, 2.45) is 0 Å². The molecule has 4 aliphatic rings. The van der Waals surface area contributed by atoms with E-state index in [1.165, 1.54) is 40.2 Å². The average Bonchev–Trinajstić information content (AvgIpc) is 3.44. The highest BCUT2D eigenvalue weighted by atomic mass is 32.2. The quantitative estimate of drug-likeness (QED) is 0.215. The molecule has 4 saturated heterocycles. The van der Waals surface area contributed by atoms with Crippen LogP contribution in [0.15, 0.2) is 60.7 Å². The number of carbonyl (C=O) groups is 6. The van der Waals surface area contributed by atoms with Gasteiger partial charge in [0.25, 0.3) is 0 Å². The van der Waals surface area contributed by atoms with Gasteiger partial charge in [-0.05, 0) is 38.8 Å². The van der Waals surface area contributed by atoms with E-state index in [2.05, 4.69) is 10.6 Å². The van der Waals surface area contributed by atoms with Crippen molar-refractivity contribution in [1.29, 1.82) is 0 Å². The smallest absolute Gasteiger partial charge is 0.333 e. The maximum Gasteiger partial charge on any atom is 0.333 e. The first-order valence-electron chi connectivity index (χ1n) is 15.8. The molecule has 254 valence electrons. The van der Waals surface area contributed by atoms with Crippen LogP contribution in [0, 0.1) is 0 Å². The normalized spacial score (nSPS) is 28.3. The number of amides is 4. The number of rotatable bonds is 10. The lowest BCUT2D eigenvalue weighted by molar-refractivity contribution is -0.196. The highest BCUT2D eigenvalue weighted by Gasteiger charge is 2.66. The van der Waals surface area contributed by atoms with E-state index in [1.807, 2.05) is 88.4 Å². The first-order valence-corrected chi connectivity index (χ1v) is 17.5.